The van der Waals surface area contributed by atoms with Gasteiger partial charge in [-0.25, -0.2) is 0 Å². The summed E-state index contributed by atoms with van der Waals surface area (Å²) in [5.74, 6) is 2.09. The summed E-state index contributed by atoms with van der Waals surface area (Å²) < 4.78 is 11.6. The zero-order valence-corrected chi connectivity index (χ0v) is 25.9. The molecule has 0 spiro atoms. The minimum Gasteiger partial charge on any atom is -0.490 e. The Hall–Kier alpha value is -3.51. The summed E-state index contributed by atoms with van der Waals surface area (Å²) in [4.78, 5) is 14.1. The number of carbonyl (C=O) groups is 1. The number of piperidine rings is 1. The highest BCUT2D eigenvalue weighted by atomic mass is 35.5. The van der Waals surface area contributed by atoms with Gasteiger partial charge in [-0.05, 0) is 77.1 Å². The number of Topliss-reactive ketones (excluding diaryl/α,β-unsaturated/α-hetero) is 1. The van der Waals surface area contributed by atoms with Crippen molar-refractivity contribution in [2.24, 2.45) is 0 Å². The number of aryl methyl sites for hydroxylation is 1. The Morgan fingerprint density at radius 3 is 2.37 bits per heavy atom. The second-order valence-corrected chi connectivity index (χ2v) is 12.3. The number of likely N-dealkylation sites (tertiary alicyclic amines) is 1. The number of hydrogen-bond acceptors (Lipinski definition) is 5. The molecule has 1 N–H and O–H groups in total. The first kappa shape index (κ1) is 29.6. The molecule has 0 amide bonds. The zero-order chi connectivity index (χ0) is 29.8. The summed E-state index contributed by atoms with van der Waals surface area (Å²) in [5, 5.41) is 4.66. The molecule has 7 heteroatoms. The fraction of sp³-hybridized carbons (Fsp3) is 0.306. The molecule has 0 saturated carbocycles. The maximum atomic E-state index is 11.7. The predicted molar refractivity (Wildman–Crippen MR) is 175 cm³/mol. The Kier molecular flexibility index (Phi) is 9.22. The molecule has 1 atom stereocenters. The van der Waals surface area contributed by atoms with Crippen LogP contribution in [-0.4, -0.2) is 43.5 Å². The molecule has 1 saturated heterocycles. The van der Waals surface area contributed by atoms with E-state index in [1.165, 1.54) is 33.5 Å². The maximum absolute atomic E-state index is 11.7. The molecule has 2 aliphatic heterocycles. The molecular formula is C36H36Cl2N2O3. The van der Waals surface area contributed by atoms with Crippen molar-refractivity contribution in [1.29, 1.82) is 0 Å². The predicted octanol–water partition coefficient (Wildman–Crippen LogP) is 8.34. The van der Waals surface area contributed by atoms with Crippen LogP contribution in [0.1, 0.15) is 41.0 Å². The molecule has 6 rings (SSSR count). The second-order valence-electron chi connectivity index (χ2n) is 11.5. The van der Waals surface area contributed by atoms with E-state index in [2.05, 4.69) is 64.8 Å². The van der Waals surface area contributed by atoms with Gasteiger partial charge in [-0.15, -0.1) is 0 Å². The molecular weight excluding hydrogens is 579 g/mol. The lowest BCUT2D eigenvalue weighted by Gasteiger charge is -2.26. The van der Waals surface area contributed by atoms with Crippen molar-refractivity contribution in [3.8, 4) is 22.6 Å². The van der Waals surface area contributed by atoms with Gasteiger partial charge in [0.2, 0.25) is 0 Å². The molecule has 0 aromatic heterocycles. The molecule has 222 valence electrons. The van der Waals surface area contributed by atoms with Gasteiger partial charge < -0.3 is 14.8 Å². The van der Waals surface area contributed by atoms with Crippen molar-refractivity contribution >= 4 is 34.7 Å². The van der Waals surface area contributed by atoms with Crippen molar-refractivity contribution < 1.29 is 14.3 Å². The Morgan fingerprint density at radius 2 is 1.60 bits per heavy atom. The van der Waals surface area contributed by atoms with Crippen molar-refractivity contribution in [3.05, 3.63) is 111 Å². The molecule has 4 aromatic carbocycles. The fourth-order valence-corrected chi connectivity index (χ4v) is 6.74. The summed E-state index contributed by atoms with van der Waals surface area (Å²) in [6, 6.07) is 27.5. The SMILES string of the molecule is Cc1cc(Cl)c(OCCOc2ccc(CC3CNc4cc(-c5ccccc5CN5CCC(=O)CC5)ccc43)cc2)c(Cl)c1. The smallest absolute Gasteiger partial charge is 0.156 e. The minimum absolute atomic E-state index is 0.348. The normalized spacial score (nSPS) is 16.5. The van der Waals surface area contributed by atoms with Gasteiger partial charge in [-0.1, -0.05) is 71.7 Å². The van der Waals surface area contributed by atoms with Gasteiger partial charge in [0.25, 0.3) is 0 Å². The van der Waals surface area contributed by atoms with Crippen molar-refractivity contribution in [2.75, 3.05) is 38.2 Å². The van der Waals surface area contributed by atoms with Crippen LogP contribution in [0.5, 0.6) is 11.5 Å². The topological polar surface area (TPSA) is 50.8 Å². The van der Waals surface area contributed by atoms with Crippen molar-refractivity contribution in [1.82, 2.24) is 4.90 Å². The van der Waals surface area contributed by atoms with E-state index in [-0.39, 0.29) is 0 Å². The molecule has 0 bridgehead atoms. The van der Waals surface area contributed by atoms with E-state index >= 15 is 0 Å². The van der Waals surface area contributed by atoms with Crippen LogP contribution in [0, 0.1) is 6.92 Å². The lowest BCUT2D eigenvalue weighted by Crippen LogP contribution is -2.33. The number of ketones is 1. The van der Waals surface area contributed by atoms with Crippen LogP contribution < -0.4 is 14.8 Å². The van der Waals surface area contributed by atoms with Gasteiger partial charge in [-0.2, -0.15) is 0 Å². The highest BCUT2D eigenvalue weighted by Gasteiger charge is 2.24. The van der Waals surface area contributed by atoms with E-state index in [0.29, 0.717) is 53.6 Å². The van der Waals surface area contributed by atoms with Gasteiger partial charge in [-0.3, -0.25) is 9.69 Å². The number of halogens is 2. The average Bonchev–Trinajstić information content (AvgIpc) is 3.40. The van der Waals surface area contributed by atoms with E-state index in [9.17, 15) is 4.79 Å². The molecule has 0 radical (unpaired) electrons. The molecule has 43 heavy (non-hydrogen) atoms. The number of benzene rings is 4. The van der Waals surface area contributed by atoms with Crippen LogP contribution in [0.2, 0.25) is 10.0 Å². The van der Waals surface area contributed by atoms with E-state index < -0.39 is 0 Å². The third-order valence-electron chi connectivity index (χ3n) is 8.31. The summed E-state index contributed by atoms with van der Waals surface area (Å²) in [7, 11) is 0. The highest BCUT2D eigenvalue weighted by molar-refractivity contribution is 6.37. The fourth-order valence-electron chi connectivity index (χ4n) is 6.03. The number of rotatable bonds is 10. The number of carbonyl (C=O) groups excluding carboxylic acids is 1. The molecule has 1 fully saturated rings. The Morgan fingerprint density at radius 1 is 0.884 bits per heavy atom. The number of fused-ring (bicyclic) bond motifs is 1. The average molecular weight is 616 g/mol. The quantitative estimate of drug-likeness (QED) is 0.182. The lowest BCUT2D eigenvalue weighted by molar-refractivity contribution is -0.121. The molecule has 4 aromatic rings. The summed E-state index contributed by atoms with van der Waals surface area (Å²) >= 11 is 12.5. The van der Waals surface area contributed by atoms with Crippen LogP contribution in [0.4, 0.5) is 5.69 Å². The van der Waals surface area contributed by atoms with Crippen molar-refractivity contribution in [3.63, 3.8) is 0 Å². The molecule has 2 heterocycles. The van der Waals surface area contributed by atoms with Gasteiger partial charge in [0, 0.05) is 50.6 Å². The number of ether oxygens (including phenoxy) is 2. The van der Waals surface area contributed by atoms with Gasteiger partial charge in [0.05, 0.1) is 10.0 Å². The third-order valence-corrected chi connectivity index (χ3v) is 8.88. The molecule has 2 aliphatic rings. The summed E-state index contributed by atoms with van der Waals surface area (Å²) in [6.45, 7) is 6.17. The molecule has 1 unspecified atom stereocenters. The van der Waals surface area contributed by atoms with E-state index in [1.807, 2.05) is 31.2 Å². The number of anilines is 1. The van der Waals surface area contributed by atoms with Gasteiger partial charge in [0.1, 0.15) is 24.7 Å². The van der Waals surface area contributed by atoms with E-state index in [4.69, 9.17) is 32.7 Å². The molecule has 0 aliphatic carbocycles. The van der Waals surface area contributed by atoms with E-state index in [1.54, 1.807) is 0 Å². The third kappa shape index (κ3) is 7.18. The highest BCUT2D eigenvalue weighted by Crippen LogP contribution is 2.38. The Bertz CT molecular complexity index is 1570. The molecule has 5 nitrogen and oxygen atoms in total. The van der Waals surface area contributed by atoms with Gasteiger partial charge >= 0.3 is 0 Å². The zero-order valence-electron chi connectivity index (χ0n) is 24.4. The second kappa shape index (κ2) is 13.4. The Balaban J connectivity index is 1.04. The first-order valence-corrected chi connectivity index (χ1v) is 15.7. The van der Waals surface area contributed by atoms with Crippen LogP contribution in [0.25, 0.3) is 11.1 Å². The standard InChI is InChI=1S/C36H36Cl2N2O3/c1-24-18-33(37)36(34(38)19-24)43-17-16-42-30-9-6-25(7-10-30)20-28-22-39-35-21-26(8-11-32(28)35)31-5-3-2-4-27(31)23-40-14-12-29(41)13-15-40/h2-11,18-19,21,28,39H,12-17,20,22-23H2,1H3. The first-order valence-electron chi connectivity index (χ1n) is 14.9. The number of hydrogen-bond donors (Lipinski definition) is 1. The van der Waals surface area contributed by atoms with Crippen LogP contribution in [0.15, 0.2) is 78.9 Å². The largest absolute Gasteiger partial charge is 0.490 e. The monoisotopic (exact) mass is 614 g/mol. The van der Waals surface area contributed by atoms with Gasteiger partial charge in [0.15, 0.2) is 5.75 Å². The van der Waals surface area contributed by atoms with Crippen LogP contribution >= 0.6 is 23.2 Å². The number of nitrogens with one attached hydrogen (secondary N) is 1. The summed E-state index contributed by atoms with van der Waals surface area (Å²) in [6.07, 6.45) is 2.28. The van der Waals surface area contributed by atoms with Crippen LogP contribution in [-0.2, 0) is 17.8 Å². The Labute approximate surface area is 263 Å². The maximum Gasteiger partial charge on any atom is 0.156 e. The van der Waals surface area contributed by atoms with Crippen LogP contribution in [0.3, 0.4) is 0 Å². The first-order chi connectivity index (χ1) is 20.9. The summed E-state index contributed by atoms with van der Waals surface area (Å²) in [5.41, 5.74) is 8.65. The van der Waals surface area contributed by atoms with Crippen molar-refractivity contribution in [2.45, 2.75) is 38.6 Å². The number of nitrogens with zero attached hydrogens (tertiary/aromatic N) is 1. The lowest BCUT2D eigenvalue weighted by atomic mass is 9.91. The van der Waals surface area contributed by atoms with E-state index in [0.717, 1.165) is 43.9 Å². The minimum atomic E-state index is 0.348.